The summed E-state index contributed by atoms with van der Waals surface area (Å²) in [5.41, 5.74) is 0.256. The first-order valence-corrected chi connectivity index (χ1v) is 20.7. The second-order valence-electron chi connectivity index (χ2n) is 18.6. The van der Waals surface area contributed by atoms with Crippen molar-refractivity contribution in [1.29, 1.82) is 0 Å². The Kier molecular flexibility index (Phi) is 7.34. The van der Waals surface area contributed by atoms with Gasteiger partial charge in [-0.2, -0.15) is 0 Å². The van der Waals surface area contributed by atoms with E-state index in [9.17, 15) is 18.3 Å². The van der Waals surface area contributed by atoms with Crippen LogP contribution in [0.25, 0.3) is 0 Å². The number of ether oxygens (including phenoxy) is 3. The highest BCUT2D eigenvalue weighted by molar-refractivity contribution is 7.90. The number of rotatable bonds is 6. The van der Waals surface area contributed by atoms with Crippen molar-refractivity contribution in [2.45, 2.75) is 136 Å². The predicted molar refractivity (Wildman–Crippen MR) is 174 cm³/mol. The fourth-order valence-corrected chi connectivity index (χ4v) is 14.8. The Hall–Kier alpha value is -0.740. The molecule has 13 atom stereocenters. The summed E-state index contributed by atoms with van der Waals surface area (Å²) in [6, 6.07) is 0. The third-order valence-corrected chi connectivity index (χ3v) is 17.1. The average Bonchev–Trinajstić information content (AvgIpc) is 3.89. The summed E-state index contributed by atoms with van der Waals surface area (Å²) in [7, 11) is -3.16. The Labute approximate surface area is 277 Å². The van der Waals surface area contributed by atoms with E-state index in [1.165, 1.54) is 38.4 Å². The molecule has 1 amide bonds. The van der Waals surface area contributed by atoms with Gasteiger partial charge in [-0.25, -0.2) is 8.42 Å². The highest BCUT2D eigenvalue weighted by atomic mass is 32.2. The summed E-state index contributed by atoms with van der Waals surface area (Å²) in [6.07, 6.45) is 11.7. The number of hydrogen-bond donors (Lipinski definition) is 1. The predicted octanol–water partition coefficient (Wildman–Crippen LogP) is 5.21. The highest BCUT2D eigenvalue weighted by Gasteiger charge is 2.84. The van der Waals surface area contributed by atoms with Gasteiger partial charge in [-0.05, 0) is 115 Å². The van der Waals surface area contributed by atoms with Gasteiger partial charge in [0.25, 0.3) is 0 Å². The van der Waals surface area contributed by atoms with Gasteiger partial charge in [0.2, 0.25) is 5.91 Å². The van der Waals surface area contributed by atoms with Gasteiger partial charge in [0, 0.05) is 24.6 Å². The normalized spacial score (nSPS) is 52.5. The fraction of sp³-hybridized carbons (Fsp3) is 0.973. The molecule has 2 spiro atoms. The van der Waals surface area contributed by atoms with Crippen molar-refractivity contribution in [2.24, 2.45) is 56.7 Å². The molecule has 2 saturated heterocycles. The molecule has 9 heteroatoms. The van der Waals surface area contributed by atoms with Crippen LogP contribution in [0.1, 0.15) is 105 Å². The second kappa shape index (κ2) is 10.4. The number of fused-ring (bicyclic) bond motifs is 4. The molecule has 1 N–H and O–H groups in total. The Morgan fingerprint density at radius 1 is 1.00 bits per heavy atom. The summed E-state index contributed by atoms with van der Waals surface area (Å²) in [6.45, 7) is 13.7. The molecule has 6 saturated carbocycles. The summed E-state index contributed by atoms with van der Waals surface area (Å²) < 4.78 is 44.0. The van der Waals surface area contributed by atoms with Crippen molar-refractivity contribution in [3.8, 4) is 0 Å². The fourth-order valence-electron chi connectivity index (χ4n) is 13.9. The average molecular weight is 662 g/mol. The summed E-state index contributed by atoms with van der Waals surface area (Å²) in [5, 5.41) is 12.3. The first kappa shape index (κ1) is 32.5. The lowest BCUT2D eigenvalue weighted by Crippen LogP contribution is -2.60. The topological polar surface area (TPSA) is 102 Å². The third-order valence-electron chi connectivity index (χ3n) is 16.2. The van der Waals surface area contributed by atoms with Crippen molar-refractivity contribution in [2.75, 3.05) is 31.7 Å². The smallest absolute Gasteiger partial charge is 0.223 e. The van der Waals surface area contributed by atoms with E-state index in [1.54, 1.807) is 0 Å². The number of hydrogen-bond acceptors (Lipinski definition) is 7. The van der Waals surface area contributed by atoms with E-state index in [4.69, 9.17) is 14.2 Å². The molecule has 0 aromatic heterocycles. The van der Waals surface area contributed by atoms with Crippen LogP contribution >= 0.6 is 0 Å². The zero-order valence-electron chi connectivity index (χ0n) is 29.1. The first-order valence-electron chi connectivity index (χ1n) is 18.6. The van der Waals surface area contributed by atoms with Crippen LogP contribution in [0.5, 0.6) is 0 Å². The number of carbonyl (C=O) groups is 1. The summed E-state index contributed by atoms with van der Waals surface area (Å²) in [4.78, 5) is 14.8. The highest BCUT2D eigenvalue weighted by Crippen LogP contribution is 2.89. The van der Waals surface area contributed by atoms with Crippen LogP contribution < -0.4 is 0 Å². The zero-order chi connectivity index (χ0) is 32.7. The van der Waals surface area contributed by atoms with E-state index in [0.717, 1.165) is 32.1 Å². The van der Waals surface area contributed by atoms with E-state index in [2.05, 4.69) is 34.6 Å². The standard InChI is InChI=1S/C37H59NO7S/c1-22-17-24(20-46(6,41)42)44-31-30(22)34(4)13-14-37-21-36(37)12-11-27(33(2,3)25(36)9-10-26(37)35(34,5)32(31)40)45-29-19-38(15-16-43-29)28(39)18-23-7-8-23/h22-27,29-32,40H,7-21H2,1-6H3/t22-,24-,25+,26+,27+,29+,30+,31+,32+,34-,35-,36-,37?/m1/s1. The molecule has 2 aliphatic heterocycles. The second-order valence-corrected chi connectivity index (χ2v) is 20.8. The van der Waals surface area contributed by atoms with Gasteiger partial charge in [0.05, 0.1) is 43.3 Å². The summed E-state index contributed by atoms with van der Waals surface area (Å²) in [5.74, 6) is 2.47. The number of amides is 1. The minimum atomic E-state index is -3.16. The molecule has 46 heavy (non-hydrogen) atoms. The molecular weight excluding hydrogens is 602 g/mol. The van der Waals surface area contributed by atoms with E-state index < -0.39 is 15.9 Å². The zero-order valence-corrected chi connectivity index (χ0v) is 29.9. The lowest BCUT2D eigenvalue weighted by atomic mass is 9.41. The van der Waals surface area contributed by atoms with Crippen molar-refractivity contribution in [3.05, 3.63) is 0 Å². The number of carbonyl (C=O) groups excluding carboxylic acids is 1. The SMILES string of the molecule is C[C@@H]1C[C@H](CS(C)(=O)=O)O[C@H]2[C@H]1[C@@]1(C)CCC34C[C@@]35CC[C@H](O[C@H]3CN(C(=O)CC6CC6)CCO3)C(C)(C)[C@@H]5CC[C@H]4[C@]1(C)[C@H]2O. The molecule has 8 aliphatic rings. The lowest BCUT2D eigenvalue weighted by Gasteiger charge is -2.64. The lowest BCUT2D eigenvalue weighted by molar-refractivity contribution is -0.248. The van der Waals surface area contributed by atoms with Gasteiger partial charge < -0.3 is 24.2 Å². The molecule has 8 fully saturated rings. The Bertz CT molecular complexity index is 1360. The Morgan fingerprint density at radius 3 is 2.43 bits per heavy atom. The first-order chi connectivity index (χ1) is 21.6. The maximum atomic E-state index is 12.9. The largest absolute Gasteiger partial charge is 0.390 e. The van der Waals surface area contributed by atoms with Gasteiger partial charge in [0.15, 0.2) is 6.29 Å². The van der Waals surface area contributed by atoms with Crippen LogP contribution in [0.15, 0.2) is 0 Å². The minimum absolute atomic E-state index is 0.00317. The van der Waals surface area contributed by atoms with E-state index in [0.29, 0.717) is 55.2 Å². The molecule has 8 rings (SSSR count). The Morgan fingerprint density at radius 2 is 1.72 bits per heavy atom. The molecule has 1 unspecified atom stereocenters. The molecule has 0 aromatic rings. The van der Waals surface area contributed by atoms with Gasteiger partial charge in [-0.1, -0.05) is 34.6 Å². The molecule has 0 radical (unpaired) electrons. The van der Waals surface area contributed by atoms with Crippen LogP contribution in [0.2, 0.25) is 0 Å². The molecule has 0 bridgehead atoms. The van der Waals surface area contributed by atoms with Crippen molar-refractivity contribution in [1.82, 2.24) is 4.90 Å². The van der Waals surface area contributed by atoms with Gasteiger partial charge >= 0.3 is 0 Å². The van der Waals surface area contributed by atoms with Gasteiger partial charge in [-0.3, -0.25) is 4.79 Å². The third kappa shape index (κ3) is 4.48. The molecular formula is C37H59NO7S. The Balaban J connectivity index is 1.01. The number of nitrogens with zero attached hydrogens (tertiary/aromatic N) is 1. The van der Waals surface area contributed by atoms with E-state index in [-0.39, 0.29) is 63.8 Å². The monoisotopic (exact) mass is 661 g/mol. The van der Waals surface area contributed by atoms with Gasteiger partial charge in [-0.15, -0.1) is 0 Å². The summed E-state index contributed by atoms with van der Waals surface area (Å²) >= 11 is 0. The van der Waals surface area contributed by atoms with Crippen LogP contribution in [0.4, 0.5) is 0 Å². The van der Waals surface area contributed by atoms with Crippen LogP contribution in [-0.2, 0) is 28.8 Å². The van der Waals surface area contributed by atoms with Gasteiger partial charge in [0.1, 0.15) is 9.84 Å². The minimum Gasteiger partial charge on any atom is -0.390 e. The quantitative estimate of drug-likeness (QED) is 0.417. The van der Waals surface area contributed by atoms with Crippen molar-refractivity contribution >= 4 is 15.7 Å². The molecule has 260 valence electrons. The number of sulfone groups is 1. The number of aliphatic hydroxyl groups excluding tert-OH is 1. The van der Waals surface area contributed by atoms with Crippen LogP contribution in [0, 0.1) is 56.7 Å². The van der Waals surface area contributed by atoms with E-state index >= 15 is 0 Å². The maximum Gasteiger partial charge on any atom is 0.223 e. The van der Waals surface area contributed by atoms with E-state index in [1.807, 2.05) is 4.90 Å². The molecule has 2 heterocycles. The molecule has 8 nitrogen and oxygen atoms in total. The van der Waals surface area contributed by atoms with Crippen molar-refractivity contribution < 1.29 is 32.5 Å². The van der Waals surface area contributed by atoms with Crippen LogP contribution in [0.3, 0.4) is 0 Å². The number of aliphatic hydroxyl groups is 1. The maximum absolute atomic E-state index is 12.9. The van der Waals surface area contributed by atoms with Crippen molar-refractivity contribution in [3.63, 3.8) is 0 Å². The number of morpholine rings is 1. The molecule has 0 aromatic carbocycles. The molecule has 6 aliphatic carbocycles. The van der Waals surface area contributed by atoms with Crippen LogP contribution in [-0.4, -0.2) is 86.7 Å².